The van der Waals surface area contributed by atoms with Gasteiger partial charge in [0.1, 0.15) is 0 Å². The molecule has 0 radical (unpaired) electrons. The third-order valence-electron chi connectivity index (χ3n) is 3.76. The number of aromatic amines is 1. The summed E-state index contributed by atoms with van der Waals surface area (Å²) in [6, 6.07) is 11.1. The van der Waals surface area contributed by atoms with E-state index >= 15 is 0 Å². The first-order chi connectivity index (χ1) is 9.95. The van der Waals surface area contributed by atoms with Gasteiger partial charge in [-0.05, 0) is 60.7 Å². The van der Waals surface area contributed by atoms with Crippen LogP contribution in [0.3, 0.4) is 0 Å². The molecule has 0 saturated carbocycles. The molecular weight excluding hydrogens is 284 g/mol. The quantitative estimate of drug-likeness (QED) is 0.666. The van der Waals surface area contributed by atoms with Gasteiger partial charge in [-0.3, -0.25) is 4.79 Å². The zero-order valence-electron chi connectivity index (χ0n) is 11.8. The number of rotatable bonds is 1. The maximum absolute atomic E-state index is 12.3. The fourth-order valence-electron chi connectivity index (χ4n) is 2.46. The van der Waals surface area contributed by atoms with Gasteiger partial charge in [-0.2, -0.15) is 0 Å². The normalized spacial score (nSPS) is 11.0. The molecule has 0 aliphatic rings. The minimum atomic E-state index is -0.111. The van der Waals surface area contributed by atoms with Crippen molar-refractivity contribution in [3.63, 3.8) is 0 Å². The summed E-state index contributed by atoms with van der Waals surface area (Å²) < 4.78 is 0. The van der Waals surface area contributed by atoms with Crippen molar-refractivity contribution in [2.45, 2.75) is 13.8 Å². The highest BCUT2D eigenvalue weighted by molar-refractivity contribution is 6.31. The first kappa shape index (κ1) is 13.7. The molecule has 3 aromatic rings. The molecule has 0 saturated heterocycles. The molecule has 0 bridgehead atoms. The summed E-state index contributed by atoms with van der Waals surface area (Å²) in [6.45, 7) is 4.03. The van der Waals surface area contributed by atoms with Gasteiger partial charge < -0.3 is 10.7 Å². The number of hydrogen-bond acceptors (Lipinski definition) is 2. The van der Waals surface area contributed by atoms with Crippen molar-refractivity contribution in [2.24, 2.45) is 0 Å². The number of anilines is 1. The first-order valence-electron chi connectivity index (χ1n) is 6.65. The van der Waals surface area contributed by atoms with Crippen LogP contribution >= 0.6 is 11.6 Å². The van der Waals surface area contributed by atoms with Gasteiger partial charge >= 0.3 is 0 Å². The third-order valence-corrected chi connectivity index (χ3v) is 4.00. The largest absolute Gasteiger partial charge is 0.398 e. The SMILES string of the molecule is Cc1cc2cc(-c3ccc(Cl)cc3N)[nH]c(=O)c2cc1C. The van der Waals surface area contributed by atoms with Crippen LogP contribution in [0, 0.1) is 13.8 Å². The molecule has 3 N–H and O–H groups in total. The van der Waals surface area contributed by atoms with Crippen LogP contribution in [0.2, 0.25) is 5.02 Å². The number of H-pyrrole nitrogens is 1. The molecule has 106 valence electrons. The van der Waals surface area contributed by atoms with Crippen molar-refractivity contribution >= 4 is 28.1 Å². The minimum absolute atomic E-state index is 0.111. The van der Waals surface area contributed by atoms with E-state index in [4.69, 9.17) is 17.3 Å². The predicted octanol–water partition coefficient (Wildman–Crippen LogP) is 4.05. The second kappa shape index (κ2) is 4.93. The molecule has 1 heterocycles. The number of hydrogen-bond donors (Lipinski definition) is 2. The fourth-order valence-corrected chi connectivity index (χ4v) is 2.64. The summed E-state index contributed by atoms with van der Waals surface area (Å²) in [7, 11) is 0. The Kier molecular flexibility index (Phi) is 3.22. The Balaban J connectivity index is 2.30. The van der Waals surface area contributed by atoms with Crippen LogP contribution in [-0.4, -0.2) is 4.98 Å². The molecule has 0 aliphatic carbocycles. The zero-order valence-corrected chi connectivity index (χ0v) is 12.6. The smallest absolute Gasteiger partial charge is 0.256 e. The zero-order chi connectivity index (χ0) is 15.1. The lowest BCUT2D eigenvalue weighted by Crippen LogP contribution is -2.08. The Morgan fingerprint density at radius 1 is 1.05 bits per heavy atom. The highest BCUT2D eigenvalue weighted by atomic mass is 35.5. The highest BCUT2D eigenvalue weighted by Crippen LogP contribution is 2.28. The Hall–Kier alpha value is -2.26. The van der Waals surface area contributed by atoms with Crippen LogP contribution in [0.15, 0.2) is 41.2 Å². The third kappa shape index (κ3) is 2.41. The van der Waals surface area contributed by atoms with Gasteiger partial charge in [0.15, 0.2) is 0 Å². The van der Waals surface area contributed by atoms with E-state index in [1.165, 1.54) is 0 Å². The lowest BCUT2D eigenvalue weighted by molar-refractivity contribution is 1.27. The van der Waals surface area contributed by atoms with E-state index in [1.54, 1.807) is 12.1 Å². The molecule has 0 unspecified atom stereocenters. The second-order valence-electron chi connectivity index (χ2n) is 5.27. The van der Waals surface area contributed by atoms with E-state index in [9.17, 15) is 4.79 Å². The molecule has 3 nitrogen and oxygen atoms in total. The lowest BCUT2D eigenvalue weighted by Gasteiger charge is -2.09. The van der Waals surface area contributed by atoms with Gasteiger partial charge in [0, 0.05) is 21.7 Å². The van der Waals surface area contributed by atoms with E-state index in [-0.39, 0.29) is 5.56 Å². The van der Waals surface area contributed by atoms with Crippen molar-refractivity contribution in [1.82, 2.24) is 4.98 Å². The average molecular weight is 299 g/mol. The van der Waals surface area contributed by atoms with Gasteiger partial charge in [-0.15, -0.1) is 0 Å². The molecule has 0 fully saturated rings. The molecular formula is C17H15ClN2O. The number of fused-ring (bicyclic) bond motifs is 1. The predicted molar refractivity (Wildman–Crippen MR) is 88.9 cm³/mol. The topological polar surface area (TPSA) is 58.9 Å². The maximum atomic E-state index is 12.3. The summed E-state index contributed by atoms with van der Waals surface area (Å²) in [5.41, 5.74) is 10.2. The summed E-state index contributed by atoms with van der Waals surface area (Å²) in [5, 5.41) is 2.17. The number of halogens is 1. The van der Waals surface area contributed by atoms with Crippen LogP contribution in [0.1, 0.15) is 11.1 Å². The summed E-state index contributed by atoms with van der Waals surface area (Å²) in [4.78, 5) is 15.2. The summed E-state index contributed by atoms with van der Waals surface area (Å²) >= 11 is 5.92. The van der Waals surface area contributed by atoms with Gasteiger partial charge in [0.25, 0.3) is 5.56 Å². The maximum Gasteiger partial charge on any atom is 0.256 e. The number of benzene rings is 2. The Morgan fingerprint density at radius 2 is 1.76 bits per heavy atom. The Bertz CT molecular complexity index is 913. The van der Waals surface area contributed by atoms with E-state index in [1.807, 2.05) is 38.1 Å². The van der Waals surface area contributed by atoms with Crippen molar-refractivity contribution in [2.75, 3.05) is 5.73 Å². The molecule has 0 amide bonds. The van der Waals surface area contributed by atoms with Crippen LogP contribution in [-0.2, 0) is 0 Å². The Labute approximate surface area is 127 Å². The van der Waals surface area contributed by atoms with Gasteiger partial charge in [-0.25, -0.2) is 0 Å². The molecule has 3 rings (SSSR count). The molecule has 21 heavy (non-hydrogen) atoms. The van der Waals surface area contributed by atoms with Crippen molar-refractivity contribution in [3.05, 3.63) is 62.9 Å². The monoisotopic (exact) mass is 298 g/mol. The lowest BCUT2D eigenvalue weighted by atomic mass is 10.0. The molecule has 4 heteroatoms. The molecule has 2 aromatic carbocycles. The van der Waals surface area contributed by atoms with Crippen LogP contribution < -0.4 is 11.3 Å². The van der Waals surface area contributed by atoms with Crippen molar-refractivity contribution in [1.29, 1.82) is 0 Å². The molecule has 0 aliphatic heterocycles. The van der Waals surface area contributed by atoms with E-state index in [2.05, 4.69) is 4.98 Å². The van der Waals surface area contributed by atoms with E-state index in [0.29, 0.717) is 21.8 Å². The number of nitrogens with one attached hydrogen (secondary N) is 1. The first-order valence-corrected chi connectivity index (χ1v) is 7.03. The van der Waals surface area contributed by atoms with Crippen LogP contribution in [0.5, 0.6) is 0 Å². The van der Waals surface area contributed by atoms with E-state index in [0.717, 1.165) is 22.1 Å². The second-order valence-corrected chi connectivity index (χ2v) is 5.70. The van der Waals surface area contributed by atoms with Crippen molar-refractivity contribution < 1.29 is 0 Å². The van der Waals surface area contributed by atoms with E-state index < -0.39 is 0 Å². The fraction of sp³-hybridized carbons (Fsp3) is 0.118. The highest BCUT2D eigenvalue weighted by Gasteiger charge is 2.08. The number of aryl methyl sites for hydroxylation is 2. The van der Waals surface area contributed by atoms with Crippen LogP contribution in [0.25, 0.3) is 22.0 Å². The molecule has 0 spiro atoms. The standard InChI is InChI=1S/C17H15ClN2O/c1-9-5-11-7-16(13-4-3-12(18)8-15(13)19)20-17(21)14(11)6-10(9)2/h3-8H,19H2,1-2H3,(H,20,21). The molecule has 0 atom stereocenters. The summed E-state index contributed by atoms with van der Waals surface area (Å²) in [5.74, 6) is 0. The van der Waals surface area contributed by atoms with Gasteiger partial charge in [0.05, 0.1) is 5.69 Å². The number of aromatic nitrogens is 1. The molecule has 1 aromatic heterocycles. The van der Waals surface area contributed by atoms with Crippen molar-refractivity contribution in [3.8, 4) is 11.3 Å². The van der Waals surface area contributed by atoms with Gasteiger partial charge in [-0.1, -0.05) is 17.7 Å². The number of nitrogen functional groups attached to an aromatic ring is 1. The van der Waals surface area contributed by atoms with Gasteiger partial charge in [0.2, 0.25) is 0 Å². The number of nitrogens with two attached hydrogens (primary N) is 1. The van der Waals surface area contributed by atoms with Crippen LogP contribution in [0.4, 0.5) is 5.69 Å². The number of pyridine rings is 1. The average Bonchev–Trinajstić information content (AvgIpc) is 2.41. The Morgan fingerprint density at radius 3 is 2.48 bits per heavy atom. The summed E-state index contributed by atoms with van der Waals surface area (Å²) in [6.07, 6.45) is 0. The minimum Gasteiger partial charge on any atom is -0.398 e.